The second kappa shape index (κ2) is 9.45. The van der Waals surface area contributed by atoms with E-state index in [0.29, 0.717) is 5.75 Å². The zero-order chi connectivity index (χ0) is 20.9. The Morgan fingerprint density at radius 2 is 1.97 bits per heavy atom. The second-order valence-corrected chi connectivity index (χ2v) is 9.18. The monoisotopic (exact) mass is 436 g/mol. The van der Waals surface area contributed by atoms with Crippen molar-refractivity contribution in [3.05, 3.63) is 87.6 Å². The van der Waals surface area contributed by atoms with E-state index in [0.717, 1.165) is 41.6 Å². The SMILES string of the molecule is Cc1cc(C(=O)CSc2nncn2CCc2cccs2)c(C)n1Cc1ccccc1. The summed E-state index contributed by atoms with van der Waals surface area (Å²) in [5.41, 5.74) is 4.14. The summed E-state index contributed by atoms with van der Waals surface area (Å²) >= 11 is 3.21. The molecule has 0 amide bonds. The number of Topliss-reactive ketones (excluding diaryl/α,β-unsaturated/α-hetero) is 1. The van der Waals surface area contributed by atoms with Crippen LogP contribution in [0.5, 0.6) is 0 Å². The molecule has 0 bridgehead atoms. The van der Waals surface area contributed by atoms with Crippen molar-refractivity contribution in [2.75, 3.05) is 5.75 Å². The molecule has 0 aliphatic carbocycles. The minimum Gasteiger partial charge on any atom is -0.344 e. The number of hydrogen-bond acceptors (Lipinski definition) is 5. The number of ketones is 1. The minimum atomic E-state index is 0.125. The fourth-order valence-electron chi connectivity index (χ4n) is 3.50. The van der Waals surface area contributed by atoms with Crippen molar-refractivity contribution >= 4 is 28.9 Å². The van der Waals surface area contributed by atoms with Crippen LogP contribution in [0.3, 0.4) is 0 Å². The normalized spacial score (nSPS) is 11.1. The van der Waals surface area contributed by atoms with E-state index in [-0.39, 0.29) is 5.78 Å². The van der Waals surface area contributed by atoms with Crippen LogP contribution in [0.25, 0.3) is 0 Å². The molecule has 0 fully saturated rings. The highest BCUT2D eigenvalue weighted by molar-refractivity contribution is 7.99. The van der Waals surface area contributed by atoms with Crippen LogP contribution < -0.4 is 0 Å². The molecule has 0 radical (unpaired) electrons. The van der Waals surface area contributed by atoms with Crippen molar-refractivity contribution < 1.29 is 4.79 Å². The van der Waals surface area contributed by atoms with E-state index in [1.165, 1.54) is 22.2 Å². The van der Waals surface area contributed by atoms with Crippen molar-refractivity contribution in [2.24, 2.45) is 0 Å². The molecule has 30 heavy (non-hydrogen) atoms. The van der Waals surface area contributed by atoms with Crippen molar-refractivity contribution in [2.45, 2.75) is 38.5 Å². The minimum absolute atomic E-state index is 0.125. The van der Waals surface area contributed by atoms with Crippen molar-refractivity contribution in [1.29, 1.82) is 0 Å². The lowest BCUT2D eigenvalue weighted by molar-refractivity contribution is 0.102. The van der Waals surface area contributed by atoms with Gasteiger partial charge >= 0.3 is 0 Å². The first-order chi connectivity index (χ1) is 14.6. The Labute approximate surface area is 184 Å². The maximum absolute atomic E-state index is 12.9. The molecule has 0 saturated heterocycles. The number of hydrogen-bond donors (Lipinski definition) is 0. The summed E-state index contributed by atoms with van der Waals surface area (Å²) in [6.07, 6.45) is 2.68. The Morgan fingerprint density at radius 1 is 1.13 bits per heavy atom. The van der Waals surface area contributed by atoms with E-state index < -0.39 is 0 Å². The average molecular weight is 437 g/mol. The predicted molar refractivity (Wildman–Crippen MR) is 123 cm³/mol. The van der Waals surface area contributed by atoms with Gasteiger partial charge in [-0.25, -0.2) is 0 Å². The number of carbonyl (C=O) groups is 1. The molecule has 3 heterocycles. The van der Waals surface area contributed by atoms with Gasteiger partial charge in [-0.2, -0.15) is 0 Å². The summed E-state index contributed by atoms with van der Waals surface area (Å²) in [5, 5.41) is 11.1. The van der Waals surface area contributed by atoms with Gasteiger partial charge in [-0.3, -0.25) is 4.79 Å². The average Bonchev–Trinajstić information content (AvgIpc) is 3.49. The first kappa shape index (κ1) is 20.6. The van der Waals surface area contributed by atoms with Crippen LogP contribution in [0.15, 0.2) is 65.4 Å². The molecule has 0 atom stereocenters. The molecule has 0 N–H and O–H groups in total. The van der Waals surface area contributed by atoms with Crippen LogP contribution in [-0.4, -0.2) is 30.9 Å². The largest absolute Gasteiger partial charge is 0.344 e. The highest BCUT2D eigenvalue weighted by atomic mass is 32.2. The van der Waals surface area contributed by atoms with E-state index in [9.17, 15) is 4.79 Å². The zero-order valence-electron chi connectivity index (χ0n) is 17.1. The van der Waals surface area contributed by atoms with Gasteiger partial charge < -0.3 is 9.13 Å². The smallest absolute Gasteiger partial charge is 0.191 e. The molecule has 3 aromatic heterocycles. The van der Waals surface area contributed by atoms with Crippen LogP contribution >= 0.6 is 23.1 Å². The Kier molecular flexibility index (Phi) is 6.50. The van der Waals surface area contributed by atoms with Crippen LogP contribution in [0.1, 0.15) is 32.2 Å². The molecule has 0 aliphatic heterocycles. The molecular weight excluding hydrogens is 412 g/mol. The Bertz CT molecular complexity index is 1110. The van der Waals surface area contributed by atoms with Gasteiger partial charge in [0.2, 0.25) is 0 Å². The first-order valence-corrected chi connectivity index (χ1v) is 11.7. The highest BCUT2D eigenvalue weighted by Gasteiger charge is 2.17. The van der Waals surface area contributed by atoms with Gasteiger partial charge in [0, 0.05) is 34.9 Å². The topological polar surface area (TPSA) is 52.7 Å². The molecule has 0 spiro atoms. The summed E-state index contributed by atoms with van der Waals surface area (Å²) in [4.78, 5) is 14.3. The molecule has 4 aromatic rings. The predicted octanol–water partition coefficient (Wildman–Crippen LogP) is 5.02. The maximum Gasteiger partial charge on any atom is 0.191 e. The lowest BCUT2D eigenvalue weighted by atomic mass is 10.2. The summed E-state index contributed by atoms with van der Waals surface area (Å²) in [6.45, 7) is 5.67. The number of nitrogens with zero attached hydrogens (tertiary/aromatic N) is 4. The van der Waals surface area contributed by atoms with Gasteiger partial charge in [-0.05, 0) is 43.3 Å². The van der Waals surface area contributed by atoms with E-state index >= 15 is 0 Å². The molecule has 5 nitrogen and oxygen atoms in total. The van der Waals surface area contributed by atoms with Crippen molar-refractivity contribution in [3.63, 3.8) is 0 Å². The van der Waals surface area contributed by atoms with Gasteiger partial charge in [-0.15, -0.1) is 21.5 Å². The molecule has 0 unspecified atom stereocenters. The van der Waals surface area contributed by atoms with Gasteiger partial charge in [0.1, 0.15) is 6.33 Å². The van der Waals surface area contributed by atoms with Gasteiger partial charge in [0.15, 0.2) is 10.9 Å². The molecule has 4 rings (SSSR count). The number of aromatic nitrogens is 4. The Morgan fingerprint density at radius 3 is 2.73 bits per heavy atom. The van der Waals surface area contributed by atoms with Crippen molar-refractivity contribution in [3.8, 4) is 0 Å². The van der Waals surface area contributed by atoms with Crippen LogP contribution in [0, 0.1) is 13.8 Å². The third kappa shape index (κ3) is 4.74. The number of thiophene rings is 1. The van der Waals surface area contributed by atoms with Gasteiger partial charge in [0.25, 0.3) is 0 Å². The zero-order valence-corrected chi connectivity index (χ0v) is 18.7. The summed E-state index contributed by atoms with van der Waals surface area (Å²) in [7, 11) is 0. The highest BCUT2D eigenvalue weighted by Crippen LogP contribution is 2.22. The number of rotatable bonds is 9. The molecule has 0 aliphatic rings. The van der Waals surface area contributed by atoms with Crippen molar-refractivity contribution in [1.82, 2.24) is 19.3 Å². The van der Waals surface area contributed by atoms with Crippen LogP contribution in [0.2, 0.25) is 0 Å². The fourth-order valence-corrected chi connectivity index (χ4v) is 5.02. The molecule has 154 valence electrons. The van der Waals surface area contributed by atoms with E-state index in [4.69, 9.17) is 0 Å². The molecule has 1 aromatic carbocycles. The number of benzene rings is 1. The molecular formula is C23H24N4OS2. The van der Waals surface area contributed by atoms with E-state index in [1.54, 1.807) is 17.7 Å². The summed E-state index contributed by atoms with van der Waals surface area (Å²) in [5.74, 6) is 0.480. The summed E-state index contributed by atoms with van der Waals surface area (Å²) < 4.78 is 4.23. The second-order valence-electron chi connectivity index (χ2n) is 7.20. The molecule has 7 heteroatoms. The third-order valence-electron chi connectivity index (χ3n) is 5.15. The standard InChI is InChI=1S/C23H24N4OS2/c1-17-13-21(18(2)27(17)14-19-7-4-3-5-8-19)22(28)15-30-23-25-24-16-26(23)11-10-20-9-6-12-29-20/h3-9,12-13,16H,10-11,14-15H2,1-2H3. The Hall–Kier alpha value is -2.64. The van der Waals surface area contributed by atoms with E-state index in [1.807, 2.05) is 35.8 Å². The quantitative estimate of drug-likeness (QED) is 0.273. The van der Waals surface area contributed by atoms with Gasteiger partial charge in [-0.1, -0.05) is 48.2 Å². The van der Waals surface area contributed by atoms with Crippen LogP contribution in [0.4, 0.5) is 0 Å². The number of aryl methyl sites for hydroxylation is 3. The Balaban J connectivity index is 1.40. The third-order valence-corrected chi connectivity index (χ3v) is 7.07. The van der Waals surface area contributed by atoms with Gasteiger partial charge in [0.05, 0.1) is 5.75 Å². The maximum atomic E-state index is 12.9. The summed E-state index contributed by atoms with van der Waals surface area (Å²) in [6, 6.07) is 16.5. The van der Waals surface area contributed by atoms with Crippen LogP contribution in [-0.2, 0) is 19.5 Å². The lowest BCUT2D eigenvalue weighted by Crippen LogP contribution is -2.08. The first-order valence-electron chi connectivity index (χ1n) is 9.88. The molecule has 0 saturated carbocycles. The fraction of sp³-hybridized carbons (Fsp3) is 0.261. The lowest BCUT2D eigenvalue weighted by Gasteiger charge is -2.10. The van der Waals surface area contributed by atoms with E-state index in [2.05, 4.69) is 51.3 Å². The number of carbonyl (C=O) groups excluding carboxylic acids is 1. The number of thioether (sulfide) groups is 1.